The molecule has 18 heavy (non-hydrogen) atoms. The summed E-state index contributed by atoms with van der Waals surface area (Å²) in [5, 5.41) is 0.590. The van der Waals surface area contributed by atoms with Crippen molar-refractivity contribution in [2.24, 2.45) is 0 Å². The second-order valence-corrected chi connectivity index (χ2v) is 4.57. The molecule has 0 unspecified atom stereocenters. The van der Waals surface area contributed by atoms with E-state index in [9.17, 15) is 8.78 Å². The quantitative estimate of drug-likeness (QED) is 0.733. The fraction of sp³-hybridized carbons (Fsp3) is 0.143. The van der Waals surface area contributed by atoms with Gasteiger partial charge in [0.25, 0.3) is 0 Å². The lowest BCUT2D eigenvalue weighted by Crippen LogP contribution is -1.91. The second kappa shape index (κ2) is 4.34. The first kappa shape index (κ1) is 11.6. The topological polar surface area (TPSA) is 12.5 Å². The maximum absolute atomic E-state index is 13.6. The largest absolute Gasteiger partial charge is 0.359 e. The third-order valence-corrected chi connectivity index (χ3v) is 3.32. The molecule has 2 aromatic rings. The van der Waals surface area contributed by atoms with Crippen molar-refractivity contribution in [3.05, 3.63) is 70.2 Å². The van der Waals surface area contributed by atoms with Crippen molar-refractivity contribution >= 4 is 11.6 Å². The number of hydrogen-bond acceptors (Lipinski definition) is 1. The van der Waals surface area contributed by atoms with Gasteiger partial charge < -0.3 is 4.74 Å². The minimum absolute atomic E-state index is 0.251. The number of hydrogen-bond donors (Lipinski definition) is 0. The minimum atomic E-state index is -0.591. The molecule has 0 radical (unpaired) electrons. The van der Waals surface area contributed by atoms with Crippen LogP contribution in [0.4, 0.5) is 8.78 Å². The SMILES string of the molecule is Fc1ccc([C@H]2O[C@@H]2c2ccccc2Cl)c(F)c1. The first-order valence-corrected chi connectivity index (χ1v) is 5.89. The maximum Gasteiger partial charge on any atom is 0.132 e. The summed E-state index contributed by atoms with van der Waals surface area (Å²) in [5.41, 5.74) is 1.19. The van der Waals surface area contributed by atoms with Gasteiger partial charge in [0.05, 0.1) is 0 Å². The fourth-order valence-electron chi connectivity index (χ4n) is 2.02. The van der Waals surface area contributed by atoms with Crippen molar-refractivity contribution in [1.82, 2.24) is 0 Å². The van der Waals surface area contributed by atoms with E-state index in [-0.39, 0.29) is 12.2 Å². The highest BCUT2D eigenvalue weighted by atomic mass is 35.5. The van der Waals surface area contributed by atoms with Crippen LogP contribution in [0.1, 0.15) is 23.3 Å². The molecular formula is C14H9ClF2O. The van der Waals surface area contributed by atoms with E-state index in [0.29, 0.717) is 10.6 Å². The highest BCUT2D eigenvalue weighted by molar-refractivity contribution is 6.31. The lowest BCUT2D eigenvalue weighted by atomic mass is 10.0. The average Bonchev–Trinajstić information content (AvgIpc) is 3.09. The molecule has 0 aliphatic carbocycles. The van der Waals surface area contributed by atoms with Gasteiger partial charge in [0, 0.05) is 22.2 Å². The Balaban J connectivity index is 1.88. The van der Waals surface area contributed by atoms with Crippen molar-refractivity contribution in [2.75, 3.05) is 0 Å². The molecule has 1 heterocycles. The van der Waals surface area contributed by atoms with Crippen LogP contribution in [0.2, 0.25) is 5.02 Å². The van der Waals surface area contributed by atoms with Crippen molar-refractivity contribution < 1.29 is 13.5 Å². The Bertz CT molecular complexity index is 600. The lowest BCUT2D eigenvalue weighted by Gasteiger charge is -2.01. The molecule has 0 bridgehead atoms. The van der Waals surface area contributed by atoms with Crippen LogP contribution in [0.15, 0.2) is 42.5 Å². The van der Waals surface area contributed by atoms with Gasteiger partial charge in [-0.25, -0.2) is 8.78 Å². The van der Waals surface area contributed by atoms with E-state index in [1.54, 1.807) is 6.07 Å². The van der Waals surface area contributed by atoms with Crippen LogP contribution in [0.5, 0.6) is 0 Å². The van der Waals surface area contributed by atoms with E-state index >= 15 is 0 Å². The van der Waals surface area contributed by atoms with E-state index < -0.39 is 11.6 Å². The molecule has 0 spiro atoms. The Hall–Kier alpha value is -1.45. The Kier molecular flexibility index (Phi) is 2.80. The van der Waals surface area contributed by atoms with Crippen LogP contribution in [0.25, 0.3) is 0 Å². The summed E-state index contributed by atoms with van der Waals surface area (Å²) >= 11 is 6.04. The third-order valence-electron chi connectivity index (χ3n) is 2.97. The van der Waals surface area contributed by atoms with Gasteiger partial charge in [0.1, 0.15) is 23.8 Å². The summed E-state index contributed by atoms with van der Waals surface area (Å²) in [5.74, 6) is -1.18. The minimum Gasteiger partial charge on any atom is -0.359 e. The first-order chi connectivity index (χ1) is 8.66. The van der Waals surface area contributed by atoms with Crippen molar-refractivity contribution in [3.63, 3.8) is 0 Å². The normalized spacial score (nSPS) is 21.9. The van der Waals surface area contributed by atoms with Gasteiger partial charge in [0.2, 0.25) is 0 Å². The smallest absolute Gasteiger partial charge is 0.132 e. The molecule has 4 heteroatoms. The Morgan fingerprint density at radius 2 is 1.67 bits per heavy atom. The molecule has 0 aromatic heterocycles. The summed E-state index contributed by atoms with van der Waals surface area (Å²) in [7, 11) is 0. The lowest BCUT2D eigenvalue weighted by molar-refractivity contribution is 0.373. The van der Waals surface area contributed by atoms with Crippen molar-refractivity contribution in [2.45, 2.75) is 12.2 Å². The van der Waals surface area contributed by atoms with E-state index in [2.05, 4.69) is 0 Å². The summed E-state index contributed by atoms with van der Waals surface area (Å²) in [4.78, 5) is 0. The molecule has 1 fully saturated rings. The fourth-order valence-corrected chi connectivity index (χ4v) is 2.27. The molecule has 1 nitrogen and oxygen atoms in total. The molecule has 1 aliphatic heterocycles. The zero-order valence-corrected chi connectivity index (χ0v) is 9.99. The van der Waals surface area contributed by atoms with Crippen LogP contribution in [0.3, 0.4) is 0 Å². The van der Waals surface area contributed by atoms with Gasteiger partial charge in [-0.15, -0.1) is 0 Å². The Morgan fingerprint density at radius 3 is 2.39 bits per heavy atom. The van der Waals surface area contributed by atoms with E-state index in [1.165, 1.54) is 12.1 Å². The number of epoxide rings is 1. The van der Waals surface area contributed by atoms with Crippen LogP contribution < -0.4 is 0 Å². The van der Waals surface area contributed by atoms with E-state index in [1.807, 2.05) is 18.2 Å². The molecular weight excluding hydrogens is 258 g/mol. The predicted octanol–water partition coefficient (Wildman–Crippen LogP) is 4.43. The number of halogens is 3. The third kappa shape index (κ3) is 2.00. The molecule has 0 amide bonds. The monoisotopic (exact) mass is 266 g/mol. The number of ether oxygens (including phenoxy) is 1. The summed E-state index contributed by atoms with van der Waals surface area (Å²) in [6.45, 7) is 0. The zero-order chi connectivity index (χ0) is 12.7. The molecule has 1 aliphatic rings. The first-order valence-electron chi connectivity index (χ1n) is 5.51. The highest BCUT2D eigenvalue weighted by Crippen LogP contribution is 2.53. The standard InChI is InChI=1S/C14H9ClF2O/c15-11-4-2-1-3-9(11)13-14(18-13)10-6-5-8(16)7-12(10)17/h1-7,13-14H/t13-,14-/m1/s1. The van der Waals surface area contributed by atoms with E-state index in [0.717, 1.165) is 11.6 Å². The van der Waals surface area contributed by atoms with Gasteiger partial charge in [-0.1, -0.05) is 35.9 Å². The second-order valence-electron chi connectivity index (χ2n) is 4.16. The van der Waals surface area contributed by atoms with Crippen LogP contribution in [-0.2, 0) is 4.74 Å². The van der Waals surface area contributed by atoms with Crippen LogP contribution in [0, 0.1) is 11.6 Å². The molecule has 0 N–H and O–H groups in total. The molecule has 3 rings (SSSR count). The summed E-state index contributed by atoms with van der Waals surface area (Å²) in [6.07, 6.45) is -0.635. The number of benzene rings is 2. The Morgan fingerprint density at radius 1 is 0.944 bits per heavy atom. The van der Waals surface area contributed by atoms with Gasteiger partial charge in [-0.05, 0) is 12.1 Å². The van der Waals surface area contributed by atoms with Gasteiger partial charge in [-0.3, -0.25) is 0 Å². The highest BCUT2D eigenvalue weighted by Gasteiger charge is 2.43. The van der Waals surface area contributed by atoms with Crippen molar-refractivity contribution in [1.29, 1.82) is 0 Å². The zero-order valence-electron chi connectivity index (χ0n) is 9.24. The molecule has 92 valence electrons. The summed E-state index contributed by atoms with van der Waals surface area (Å²) < 4.78 is 31.8. The van der Waals surface area contributed by atoms with Gasteiger partial charge >= 0.3 is 0 Å². The van der Waals surface area contributed by atoms with Crippen LogP contribution in [-0.4, -0.2) is 0 Å². The maximum atomic E-state index is 13.6. The number of rotatable bonds is 2. The predicted molar refractivity (Wildman–Crippen MR) is 64.4 cm³/mol. The molecule has 2 atom stereocenters. The van der Waals surface area contributed by atoms with E-state index in [4.69, 9.17) is 16.3 Å². The average molecular weight is 267 g/mol. The molecule has 1 saturated heterocycles. The van der Waals surface area contributed by atoms with Gasteiger partial charge in [-0.2, -0.15) is 0 Å². The van der Waals surface area contributed by atoms with Crippen LogP contribution >= 0.6 is 11.6 Å². The molecule has 2 aromatic carbocycles. The van der Waals surface area contributed by atoms with Gasteiger partial charge in [0.15, 0.2) is 0 Å². The summed E-state index contributed by atoms with van der Waals surface area (Å²) in [6, 6.07) is 10.8. The Labute approximate surface area is 108 Å². The molecule has 0 saturated carbocycles. The van der Waals surface area contributed by atoms with Crippen molar-refractivity contribution in [3.8, 4) is 0 Å².